The zero-order valence-corrected chi connectivity index (χ0v) is 12.0. The lowest BCUT2D eigenvalue weighted by molar-refractivity contribution is 0.102. The molecule has 0 aliphatic rings. The second-order valence-corrected chi connectivity index (χ2v) is 4.60. The number of nitrogens with zero attached hydrogens (tertiary/aromatic N) is 1. The summed E-state index contributed by atoms with van der Waals surface area (Å²) in [5.41, 5.74) is 3.52. The van der Waals surface area contributed by atoms with Crippen molar-refractivity contribution in [2.75, 3.05) is 11.9 Å². The summed E-state index contributed by atoms with van der Waals surface area (Å²) in [5, 5.41) is 11.7. The quantitative estimate of drug-likeness (QED) is 0.830. The number of pyridine rings is 1. The van der Waals surface area contributed by atoms with Gasteiger partial charge in [0.05, 0.1) is 11.3 Å². The molecule has 0 aliphatic heterocycles. The van der Waals surface area contributed by atoms with Gasteiger partial charge in [-0.25, -0.2) is 0 Å². The third-order valence-corrected chi connectivity index (χ3v) is 2.98. The Bertz CT molecular complexity index is 727. The van der Waals surface area contributed by atoms with E-state index in [4.69, 9.17) is 5.11 Å². The predicted octanol–water partition coefficient (Wildman–Crippen LogP) is 2.29. The van der Waals surface area contributed by atoms with Crippen LogP contribution < -0.4 is 5.32 Å². The summed E-state index contributed by atoms with van der Waals surface area (Å²) in [6, 6.07) is 9.04. The minimum Gasteiger partial charge on any atom is -0.384 e. The molecular formula is C17H16N2O2. The molecule has 2 aromatic rings. The first-order chi connectivity index (χ1) is 10.1. The fraction of sp³-hybridized carbons (Fsp3) is 0.176. The molecule has 106 valence electrons. The maximum atomic E-state index is 12.3. The van der Waals surface area contributed by atoms with E-state index in [2.05, 4.69) is 22.1 Å². The number of carbonyl (C=O) groups is 1. The number of aromatic nitrogens is 1. The average molecular weight is 280 g/mol. The van der Waals surface area contributed by atoms with Crippen molar-refractivity contribution >= 4 is 11.6 Å². The molecule has 0 saturated heterocycles. The van der Waals surface area contributed by atoms with Crippen LogP contribution in [0.2, 0.25) is 0 Å². The van der Waals surface area contributed by atoms with Gasteiger partial charge < -0.3 is 10.4 Å². The number of carbonyl (C=O) groups excluding carboxylic acids is 1. The highest BCUT2D eigenvalue weighted by Crippen LogP contribution is 2.18. The predicted molar refractivity (Wildman–Crippen MR) is 82.1 cm³/mol. The fourth-order valence-electron chi connectivity index (χ4n) is 1.92. The number of benzene rings is 1. The minimum atomic E-state index is -0.224. The highest BCUT2D eigenvalue weighted by atomic mass is 16.2. The molecule has 2 rings (SSSR count). The molecule has 1 amide bonds. The van der Waals surface area contributed by atoms with E-state index in [0.717, 1.165) is 5.56 Å². The van der Waals surface area contributed by atoms with E-state index in [9.17, 15) is 4.79 Å². The van der Waals surface area contributed by atoms with Crippen LogP contribution in [0.3, 0.4) is 0 Å². The number of hydrogen-bond acceptors (Lipinski definition) is 3. The van der Waals surface area contributed by atoms with E-state index >= 15 is 0 Å². The van der Waals surface area contributed by atoms with Crippen LogP contribution in [0.25, 0.3) is 0 Å². The lowest BCUT2D eigenvalue weighted by Gasteiger charge is -2.10. The van der Waals surface area contributed by atoms with Gasteiger partial charge in [0.15, 0.2) is 0 Å². The normalized spacial score (nSPS) is 9.67. The molecule has 0 aliphatic carbocycles. The van der Waals surface area contributed by atoms with E-state index in [1.54, 1.807) is 25.3 Å². The Labute approximate surface area is 123 Å². The van der Waals surface area contributed by atoms with Crippen LogP contribution in [0, 0.1) is 25.7 Å². The Kier molecular flexibility index (Phi) is 4.70. The second-order valence-electron chi connectivity index (χ2n) is 4.60. The maximum absolute atomic E-state index is 12.3. The van der Waals surface area contributed by atoms with Crippen molar-refractivity contribution in [3.05, 3.63) is 58.9 Å². The number of hydrogen-bond donors (Lipinski definition) is 2. The van der Waals surface area contributed by atoms with Crippen LogP contribution in [0.15, 0.2) is 36.5 Å². The number of rotatable bonds is 2. The molecular weight excluding hydrogens is 264 g/mol. The van der Waals surface area contributed by atoms with Crippen LogP contribution in [-0.2, 0) is 0 Å². The summed E-state index contributed by atoms with van der Waals surface area (Å²) in [4.78, 5) is 16.4. The number of nitrogens with one attached hydrogen (secondary N) is 1. The van der Waals surface area contributed by atoms with Gasteiger partial charge in [-0.3, -0.25) is 9.78 Å². The first-order valence-corrected chi connectivity index (χ1v) is 6.55. The topological polar surface area (TPSA) is 62.2 Å². The molecule has 0 spiro atoms. The molecule has 21 heavy (non-hydrogen) atoms. The minimum absolute atomic E-state index is 0.219. The van der Waals surface area contributed by atoms with Gasteiger partial charge >= 0.3 is 0 Å². The molecule has 0 bridgehead atoms. The number of anilines is 1. The highest BCUT2D eigenvalue weighted by Gasteiger charge is 2.11. The largest absolute Gasteiger partial charge is 0.384 e. The summed E-state index contributed by atoms with van der Waals surface area (Å²) in [6.45, 7) is 3.51. The summed E-state index contributed by atoms with van der Waals surface area (Å²) in [5.74, 6) is 5.20. The Morgan fingerprint density at radius 3 is 2.86 bits per heavy atom. The average Bonchev–Trinajstić information content (AvgIpc) is 2.47. The van der Waals surface area contributed by atoms with Gasteiger partial charge in [0.25, 0.3) is 5.91 Å². The molecule has 4 heteroatoms. The van der Waals surface area contributed by atoms with E-state index in [0.29, 0.717) is 22.5 Å². The first-order valence-electron chi connectivity index (χ1n) is 6.55. The number of amides is 1. The Hall–Kier alpha value is -2.64. The van der Waals surface area contributed by atoms with Crippen molar-refractivity contribution in [1.82, 2.24) is 4.98 Å². The van der Waals surface area contributed by atoms with Crippen LogP contribution >= 0.6 is 0 Å². The molecule has 0 saturated carbocycles. The summed E-state index contributed by atoms with van der Waals surface area (Å²) in [7, 11) is 0. The van der Waals surface area contributed by atoms with Gasteiger partial charge in [-0.2, -0.15) is 0 Å². The van der Waals surface area contributed by atoms with Crippen molar-refractivity contribution in [3.8, 4) is 11.8 Å². The third kappa shape index (κ3) is 3.68. The van der Waals surface area contributed by atoms with E-state index in [-0.39, 0.29) is 12.5 Å². The molecule has 0 fully saturated rings. The SMILES string of the molecule is Cc1ccc(C#CCO)c(NC(=O)c2cccnc2C)c1. The van der Waals surface area contributed by atoms with Crippen LogP contribution in [0.5, 0.6) is 0 Å². The molecule has 1 heterocycles. The Morgan fingerprint density at radius 1 is 1.33 bits per heavy atom. The Morgan fingerprint density at radius 2 is 2.14 bits per heavy atom. The molecule has 0 unspecified atom stereocenters. The molecule has 2 N–H and O–H groups in total. The number of aryl methyl sites for hydroxylation is 2. The number of aliphatic hydroxyl groups is 1. The smallest absolute Gasteiger partial charge is 0.257 e. The van der Waals surface area contributed by atoms with Crippen molar-refractivity contribution in [3.63, 3.8) is 0 Å². The molecule has 1 aromatic heterocycles. The summed E-state index contributed by atoms with van der Waals surface area (Å²) in [6.07, 6.45) is 1.65. The molecule has 0 radical (unpaired) electrons. The Balaban J connectivity index is 2.33. The van der Waals surface area contributed by atoms with E-state index in [1.165, 1.54) is 0 Å². The lowest BCUT2D eigenvalue weighted by atomic mass is 10.1. The van der Waals surface area contributed by atoms with Crippen LogP contribution in [0.4, 0.5) is 5.69 Å². The monoisotopic (exact) mass is 280 g/mol. The zero-order chi connectivity index (χ0) is 15.2. The van der Waals surface area contributed by atoms with Gasteiger partial charge in [-0.1, -0.05) is 17.9 Å². The van der Waals surface area contributed by atoms with Gasteiger partial charge in [0.1, 0.15) is 6.61 Å². The van der Waals surface area contributed by atoms with Gasteiger partial charge in [0, 0.05) is 17.5 Å². The lowest BCUT2D eigenvalue weighted by Crippen LogP contribution is -2.15. The first kappa shape index (κ1) is 14.8. The van der Waals surface area contributed by atoms with E-state index in [1.807, 2.05) is 25.1 Å². The van der Waals surface area contributed by atoms with E-state index < -0.39 is 0 Å². The fourth-order valence-corrected chi connectivity index (χ4v) is 1.92. The van der Waals surface area contributed by atoms with Gasteiger partial charge in [-0.15, -0.1) is 0 Å². The molecule has 4 nitrogen and oxygen atoms in total. The van der Waals surface area contributed by atoms with Crippen molar-refractivity contribution < 1.29 is 9.90 Å². The van der Waals surface area contributed by atoms with Gasteiger partial charge in [-0.05, 0) is 43.7 Å². The zero-order valence-electron chi connectivity index (χ0n) is 12.0. The van der Waals surface area contributed by atoms with Crippen molar-refractivity contribution in [1.29, 1.82) is 0 Å². The molecule has 1 aromatic carbocycles. The summed E-state index contributed by atoms with van der Waals surface area (Å²) >= 11 is 0. The van der Waals surface area contributed by atoms with Crippen LogP contribution in [0.1, 0.15) is 27.2 Å². The van der Waals surface area contributed by atoms with Gasteiger partial charge in [0.2, 0.25) is 0 Å². The second kappa shape index (κ2) is 6.69. The van der Waals surface area contributed by atoms with Crippen molar-refractivity contribution in [2.24, 2.45) is 0 Å². The highest BCUT2D eigenvalue weighted by molar-refractivity contribution is 6.05. The standard InChI is InChI=1S/C17H16N2O2/c1-12-7-8-14(5-4-10-20)16(11-12)19-17(21)15-6-3-9-18-13(15)2/h3,6-9,11,20H,10H2,1-2H3,(H,19,21). The summed E-state index contributed by atoms with van der Waals surface area (Å²) < 4.78 is 0. The third-order valence-electron chi connectivity index (χ3n) is 2.98. The molecule has 0 atom stereocenters. The van der Waals surface area contributed by atoms with Crippen LogP contribution in [-0.4, -0.2) is 22.6 Å². The maximum Gasteiger partial charge on any atom is 0.257 e. The van der Waals surface area contributed by atoms with Crippen molar-refractivity contribution in [2.45, 2.75) is 13.8 Å². The number of aliphatic hydroxyl groups excluding tert-OH is 1.